The summed E-state index contributed by atoms with van der Waals surface area (Å²) in [6, 6.07) is 0. The van der Waals surface area contributed by atoms with Gasteiger partial charge in [-0.15, -0.1) is 0 Å². The van der Waals surface area contributed by atoms with E-state index in [2.05, 4.69) is 0 Å². The molecule has 0 aromatic heterocycles. The molecule has 0 radical (unpaired) electrons. The first kappa shape index (κ1) is 13.3. The Labute approximate surface area is 65.8 Å². The summed E-state index contributed by atoms with van der Waals surface area (Å²) < 4.78 is 34.4. The Morgan fingerprint density at radius 1 is 1.09 bits per heavy atom. The average Bonchev–Trinajstić information content (AvgIpc) is 1.60. The van der Waals surface area contributed by atoms with Crippen LogP contribution in [0.25, 0.3) is 0 Å². The molecule has 0 atom stereocenters. The molecule has 2 N–H and O–H groups in total. The molecule has 0 aromatic rings. The lowest BCUT2D eigenvalue weighted by Gasteiger charge is -2.19. The topological polar surface area (TPSA) is 26.0 Å². The normalized spacial score (nSPS) is 12.0. The molecule has 0 saturated heterocycles. The molecule has 1 nitrogen and oxygen atoms in total. The highest BCUT2D eigenvalue weighted by molar-refractivity contribution is 4.75. The number of alkyl halides is 3. The Kier molecular flexibility index (Phi) is 5.57. The number of rotatable bonds is 1. The van der Waals surface area contributed by atoms with Gasteiger partial charge in [-0.1, -0.05) is 13.8 Å². The number of nitrogens with two attached hydrogens (primary N) is 1. The van der Waals surface area contributed by atoms with Crippen LogP contribution in [0.4, 0.5) is 13.2 Å². The summed E-state index contributed by atoms with van der Waals surface area (Å²) in [6.45, 7) is 6.70. The molecule has 0 fully saturated rings. The summed E-state index contributed by atoms with van der Waals surface area (Å²) in [5.74, 6) is 0. The average molecular weight is 171 g/mol. The van der Waals surface area contributed by atoms with Crippen molar-refractivity contribution in [1.82, 2.24) is 0 Å². The first-order valence-corrected chi connectivity index (χ1v) is 3.56. The summed E-state index contributed by atoms with van der Waals surface area (Å²) >= 11 is 0. The summed E-state index contributed by atoms with van der Waals surface area (Å²) in [5.41, 5.74) is 3.96. The maximum atomic E-state index is 11.5. The van der Waals surface area contributed by atoms with Gasteiger partial charge in [-0.2, -0.15) is 13.2 Å². The third-order valence-corrected chi connectivity index (χ3v) is 0.656. The summed E-state index contributed by atoms with van der Waals surface area (Å²) in [4.78, 5) is 0. The van der Waals surface area contributed by atoms with Crippen LogP contribution >= 0.6 is 0 Å². The fourth-order valence-electron chi connectivity index (χ4n) is 0.517. The fraction of sp³-hybridized carbons (Fsp3) is 1.00. The Hall–Kier alpha value is -0.250. The van der Waals surface area contributed by atoms with Crippen LogP contribution in [-0.2, 0) is 0 Å². The maximum Gasteiger partial charge on any atom is 0.390 e. The van der Waals surface area contributed by atoms with Gasteiger partial charge in [-0.25, -0.2) is 0 Å². The molecule has 11 heavy (non-hydrogen) atoms. The van der Waals surface area contributed by atoms with E-state index in [1.165, 1.54) is 13.8 Å². The van der Waals surface area contributed by atoms with Crippen molar-refractivity contribution in [3.63, 3.8) is 0 Å². The van der Waals surface area contributed by atoms with Crippen LogP contribution in [0.3, 0.4) is 0 Å². The molecule has 0 bridgehead atoms. The second-order valence-electron chi connectivity index (χ2n) is 2.78. The summed E-state index contributed by atoms with van der Waals surface area (Å²) in [5, 5.41) is 0. The highest BCUT2D eigenvalue weighted by atomic mass is 19.4. The minimum Gasteiger partial charge on any atom is -0.325 e. The van der Waals surface area contributed by atoms with E-state index in [9.17, 15) is 13.2 Å². The Morgan fingerprint density at radius 2 is 1.36 bits per heavy atom. The van der Waals surface area contributed by atoms with Crippen LogP contribution < -0.4 is 5.73 Å². The van der Waals surface area contributed by atoms with Crippen molar-refractivity contribution < 1.29 is 13.2 Å². The van der Waals surface area contributed by atoms with Crippen LogP contribution in [0.2, 0.25) is 0 Å². The number of hydrogen-bond acceptors (Lipinski definition) is 1. The van der Waals surface area contributed by atoms with Crippen molar-refractivity contribution in [3.05, 3.63) is 0 Å². The molecule has 0 spiro atoms. The third kappa shape index (κ3) is 17.7. The second kappa shape index (κ2) is 4.59. The highest BCUT2D eigenvalue weighted by Crippen LogP contribution is 2.25. The molecule has 0 aliphatic carbocycles. The van der Waals surface area contributed by atoms with Gasteiger partial charge >= 0.3 is 6.18 Å². The van der Waals surface area contributed by atoms with Crippen molar-refractivity contribution in [3.8, 4) is 0 Å². The van der Waals surface area contributed by atoms with Gasteiger partial charge in [0.15, 0.2) is 0 Å². The molecule has 0 heterocycles. The van der Waals surface area contributed by atoms with Gasteiger partial charge in [0.1, 0.15) is 0 Å². The molecule has 70 valence electrons. The van der Waals surface area contributed by atoms with Gasteiger partial charge in [0.2, 0.25) is 0 Å². The van der Waals surface area contributed by atoms with Gasteiger partial charge < -0.3 is 5.73 Å². The lowest BCUT2D eigenvalue weighted by Crippen LogP contribution is -2.37. The van der Waals surface area contributed by atoms with Crippen molar-refractivity contribution in [2.24, 2.45) is 5.73 Å². The standard InChI is InChI=1S/C5H10F3N.C2H6/c1-4(2,9)3-5(6,7)8;1-2/h3,9H2,1-2H3;1-2H3. The van der Waals surface area contributed by atoms with E-state index in [0.29, 0.717) is 0 Å². The second-order valence-corrected chi connectivity index (χ2v) is 2.78. The Balaban J connectivity index is 0. The zero-order valence-electron chi connectivity index (χ0n) is 7.42. The van der Waals surface area contributed by atoms with Crippen LogP contribution in [0, 0.1) is 0 Å². The van der Waals surface area contributed by atoms with Gasteiger partial charge in [0.05, 0.1) is 6.42 Å². The van der Waals surface area contributed by atoms with Crippen LogP contribution in [0.15, 0.2) is 0 Å². The number of hydrogen-bond donors (Lipinski definition) is 1. The maximum absolute atomic E-state index is 11.5. The molecular formula is C7H16F3N. The van der Waals surface area contributed by atoms with Crippen molar-refractivity contribution in [2.75, 3.05) is 0 Å². The predicted octanol–water partition coefficient (Wildman–Crippen LogP) is 2.70. The van der Waals surface area contributed by atoms with Crippen LogP contribution in [-0.4, -0.2) is 11.7 Å². The van der Waals surface area contributed by atoms with Crippen LogP contribution in [0.5, 0.6) is 0 Å². The summed E-state index contributed by atoms with van der Waals surface area (Å²) in [6.07, 6.45) is -5.07. The molecule has 0 rings (SSSR count). The highest BCUT2D eigenvalue weighted by Gasteiger charge is 2.33. The molecule has 0 amide bonds. The van der Waals surface area contributed by atoms with E-state index in [0.717, 1.165) is 0 Å². The monoisotopic (exact) mass is 171 g/mol. The predicted molar refractivity (Wildman–Crippen MR) is 40.3 cm³/mol. The van der Waals surface area contributed by atoms with E-state index in [1.54, 1.807) is 0 Å². The lowest BCUT2D eigenvalue weighted by atomic mass is 10.0. The van der Waals surface area contributed by atoms with Gasteiger partial charge in [0.25, 0.3) is 0 Å². The molecule has 0 unspecified atom stereocenters. The quantitative estimate of drug-likeness (QED) is 0.645. The minimum atomic E-state index is -4.14. The number of halogens is 3. The third-order valence-electron chi connectivity index (χ3n) is 0.656. The molecule has 0 aliphatic heterocycles. The van der Waals surface area contributed by atoms with Gasteiger partial charge in [-0.3, -0.25) is 0 Å². The van der Waals surface area contributed by atoms with E-state index in [-0.39, 0.29) is 0 Å². The van der Waals surface area contributed by atoms with Crippen molar-refractivity contribution in [1.29, 1.82) is 0 Å². The van der Waals surface area contributed by atoms with E-state index in [1.807, 2.05) is 13.8 Å². The molecule has 0 aliphatic rings. The summed E-state index contributed by atoms with van der Waals surface area (Å²) in [7, 11) is 0. The van der Waals surface area contributed by atoms with Gasteiger partial charge in [0, 0.05) is 5.54 Å². The zero-order valence-corrected chi connectivity index (χ0v) is 7.42. The Bertz CT molecular complexity index is 78.8. The fourth-order valence-corrected chi connectivity index (χ4v) is 0.517. The van der Waals surface area contributed by atoms with Crippen LogP contribution in [0.1, 0.15) is 34.1 Å². The van der Waals surface area contributed by atoms with Crippen molar-refractivity contribution in [2.45, 2.75) is 45.8 Å². The first-order chi connectivity index (χ1) is 4.71. The van der Waals surface area contributed by atoms with E-state index >= 15 is 0 Å². The lowest BCUT2D eigenvalue weighted by molar-refractivity contribution is -0.144. The van der Waals surface area contributed by atoms with Crippen molar-refractivity contribution >= 4 is 0 Å². The zero-order chi connectivity index (χ0) is 9.71. The SMILES string of the molecule is CC.CC(C)(N)CC(F)(F)F. The van der Waals surface area contributed by atoms with E-state index in [4.69, 9.17) is 5.73 Å². The smallest absolute Gasteiger partial charge is 0.325 e. The molecule has 0 aromatic carbocycles. The molecule has 0 saturated carbocycles. The van der Waals surface area contributed by atoms with Gasteiger partial charge in [-0.05, 0) is 13.8 Å². The Morgan fingerprint density at radius 3 is 1.36 bits per heavy atom. The minimum absolute atomic E-state index is 0.931. The first-order valence-electron chi connectivity index (χ1n) is 3.56. The molecular weight excluding hydrogens is 155 g/mol. The molecule has 4 heteroatoms. The largest absolute Gasteiger partial charge is 0.390 e. The van der Waals surface area contributed by atoms with E-state index < -0.39 is 18.1 Å².